The average molecular weight is 171 g/mol. The molecule has 1 fully saturated rings. The smallest absolute Gasteiger partial charge is 0.325 e. The quantitative estimate of drug-likeness (QED) is 0.552. The molecule has 0 aromatic rings. The molecular weight excluding hydrogens is 162 g/mol. The highest BCUT2D eigenvalue weighted by molar-refractivity contribution is 5.01. The van der Waals surface area contributed by atoms with Crippen LogP contribution in [0.3, 0.4) is 0 Å². The lowest BCUT2D eigenvalue weighted by Gasteiger charge is -2.26. The second kappa shape index (κ2) is 2.33. The molecule has 0 aromatic carbocycles. The Morgan fingerprint density at radius 1 is 1.36 bits per heavy atom. The third-order valence-electron chi connectivity index (χ3n) is 2.11. The summed E-state index contributed by atoms with van der Waals surface area (Å²) in [7, 11) is 0. The molecule has 0 radical (unpaired) electrons. The Kier molecular flexibility index (Phi) is 1.86. The average Bonchev–Trinajstić information content (AvgIpc) is 2.12. The van der Waals surface area contributed by atoms with Crippen molar-refractivity contribution in [2.24, 2.45) is 5.73 Å². The number of rotatable bonds is 0. The van der Waals surface area contributed by atoms with Gasteiger partial charge in [0.2, 0.25) is 5.67 Å². The van der Waals surface area contributed by atoms with Crippen molar-refractivity contribution in [2.75, 3.05) is 0 Å². The van der Waals surface area contributed by atoms with Gasteiger partial charge in [0.05, 0.1) is 0 Å². The maximum absolute atomic E-state index is 13.0. The van der Waals surface area contributed by atoms with E-state index in [1.54, 1.807) is 0 Å². The molecule has 1 nitrogen and oxygen atoms in total. The summed E-state index contributed by atoms with van der Waals surface area (Å²) < 4.78 is 48.8. The molecule has 0 aromatic heterocycles. The summed E-state index contributed by atoms with van der Waals surface area (Å²) in [6.45, 7) is 0. The molecule has 2 atom stereocenters. The monoisotopic (exact) mass is 171 g/mol. The van der Waals surface area contributed by atoms with Crippen LogP contribution >= 0.6 is 0 Å². The van der Waals surface area contributed by atoms with Gasteiger partial charge >= 0.3 is 6.18 Å². The van der Waals surface area contributed by atoms with Gasteiger partial charge in [0.1, 0.15) is 0 Å². The number of hydrogen-bond acceptors (Lipinski definition) is 1. The van der Waals surface area contributed by atoms with Crippen LogP contribution in [-0.4, -0.2) is 17.9 Å². The third kappa shape index (κ3) is 1.21. The largest absolute Gasteiger partial charge is 0.424 e. The Morgan fingerprint density at radius 2 is 1.91 bits per heavy atom. The van der Waals surface area contributed by atoms with Gasteiger partial charge in [-0.1, -0.05) is 0 Å². The van der Waals surface area contributed by atoms with Gasteiger partial charge in [-0.05, 0) is 19.3 Å². The summed E-state index contributed by atoms with van der Waals surface area (Å²) in [4.78, 5) is 0. The Bertz CT molecular complexity index is 155. The highest BCUT2D eigenvalue weighted by Crippen LogP contribution is 2.45. The van der Waals surface area contributed by atoms with E-state index in [1.165, 1.54) is 0 Å². The van der Waals surface area contributed by atoms with Gasteiger partial charge in [-0.2, -0.15) is 13.2 Å². The van der Waals surface area contributed by atoms with E-state index in [0.717, 1.165) is 0 Å². The molecule has 2 N–H and O–H groups in total. The zero-order valence-electron chi connectivity index (χ0n) is 5.79. The molecule has 0 aliphatic heterocycles. The van der Waals surface area contributed by atoms with Crippen molar-refractivity contribution in [3.05, 3.63) is 0 Å². The van der Waals surface area contributed by atoms with Crippen molar-refractivity contribution in [3.63, 3.8) is 0 Å². The molecule has 5 heteroatoms. The van der Waals surface area contributed by atoms with E-state index in [-0.39, 0.29) is 12.8 Å². The van der Waals surface area contributed by atoms with Gasteiger partial charge in [-0.25, -0.2) is 4.39 Å². The topological polar surface area (TPSA) is 26.0 Å². The molecule has 0 amide bonds. The predicted octanol–water partition coefficient (Wildman–Crippen LogP) is 1.77. The fourth-order valence-corrected chi connectivity index (χ4v) is 1.35. The zero-order valence-corrected chi connectivity index (χ0v) is 5.79. The zero-order chi connectivity index (χ0) is 8.70. The van der Waals surface area contributed by atoms with Gasteiger partial charge in [0, 0.05) is 6.04 Å². The summed E-state index contributed by atoms with van der Waals surface area (Å²) in [5.74, 6) is 0. The summed E-state index contributed by atoms with van der Waals surface area (Å²) >= 11 is 0. The van der Waals surface area contributed by atoms with Crippen molar-refractivity contribution < 1.29 is 17.6 Å². The highest BCUT2D eigenvalue weighted by Gasteiger charge is 2.61. The highest BCUT2D eigenvalue weighted by atomic mass is 19.4. The normalized spacial score (nSPS) is 39.5. The van der Waals surface area contributed by atoms with E-state index in [1.807, 2.05) is 0 Å². The number of halogens is 4. The van der Waals surface area contributed by atoms with Crippen LogP contribution in [0.4, 0.5) is 17.6 Å². The van der Waals surface area contributed by atoms with E-state index in [9.17, 15) is 17.6 Å². The maximum atomic E-state index is 13.0. The SMILES string of the molecule is NC1CCCC1(F)C(F)(F)F. The Balaban J connectivity index is 2.81. The number of alkyl halides is 4. The van der Waals surface area contributed by atoms with Gasteiger partial charge < -0.3 is 5.73 Å². The van der Waals surface area contributed by atoms with Gasteiger partial charge in [-0.15, -0.1) is 0 Å². The summed E-state index contributed by atoms with van der Waals surface area (Å²) in [6.07, 6.45) is -4.95. The van der Waals surface area contributed by atoms with Crippen LogP contribution in [0.5, 0.6) is 0 Å². The standard InChI is InChI=1S/C6H9F4N/c7-5(6(8,9)10)3-1-2-4(5)11/h4H,1-3,11H2. The number of hydrogen-bond donors (Lipinski definition) is 1. The minimum absolute atomic E-state index is 0.121. The van der Waals surface area contributed by atoms with Crippen LogP contribution in [0.25, 0.3) is 0 Å². The summed E-state index contributed by atoms with van der Waals surface area (Å²) in [6, 6.07) is -1.37. The summed E-state index contributed by atoms with van der Waals surface area (Å²) in [5.41, 5.74) is 1.87. The first-order valence-corrected chi connectivity index (χ1v) is 3.39. The van der Waals surface area contributed by atoms with Crippen LogP contribution in [0.1, 0.15) is 19.3 Å². The van der Waals surface area contributed by atoms with Crippen molar-refractivity contribution in [3.8, 4) is 0 Å². The second-order valence-electron chi connectivity index (χ2n) is 2.86. The minimum atomic E-state index is -4.80. The Labute approximate surface area is 61.6 Å². The first-order chi connectivity index (χ1) is 4.88. The van der Waals surface area contributed by atoms with Crippen molar-refractivity contribution in [1.29, 1.82) is 0 Å². The van der Waals surface area contributed by atoms with Gasteiger partial charge in [0.15, 0.2) is 0 Å². The van der Waals surface area contributed by atoms with E-state index in [0.29, 0.717) is 0 Å². The van der Waals surface area contributed by atoms with Crippen molar-refractivity contribution >= 4 is 0 Å². The molecule has 66 valence electrons. The Morgan fingerprint density at radius 3 is 2.09 bits per heavy atom. The molecule has 1 aliphatic rings. The molecule has 0 heterocycles. The lowest BCUT2D eigenvalue weighted by molar-refractivity contribution is -0.231. The minimum Gasteiger partial charge on any atom is -0.325 e. The van der Waals surface area contributed by atoms with Crippen LogP contribution in [0.15, 0.2) is 0 Å². The molecule has 1 rings (SSSR count). The van der Waals surface area contributed by atoms with Crippen LogP contribution < -0.4 is 5.73 Å². The molecule has 1 saturated carbocycles. The van der Waals surface area contributed by atoms with Crippen molar-refractivity contribution in [2.45, 2.75) is 37.1 Å². The van der Waals surface area contributed by atoms with Crippen LogP contribution in [-0.2, 0) is 0 Å². The lowest BCUT2D eigenvalue weighted by atomic mass is 10.0. The van der Waals surface area contributed by atoms with E-state index < -0.39 is 24.3 Å². The third-order valence-corrected chi connectivity index (χ3v) is 2.11. The lowest BCUT2D eigenvalue weighted by Crippen LogP contribution is -2.51. The molecular formula is C6H9F4N. The first-order valence-electron chi connectivity index (χ1n) is 3.39. The maximum Gasteiger partial charge on any atom is 0.424 e. The molecule has 2 unspecified atom stereocenters. The molecule has 11 heavy (non-hydrogen) atoms. The Hall–Kier alpha value is -0.320. The van der Waals surface area contributed by atoms with Gasteiger partial charge in [-0.3, -0.25) is 0 Å². The molecule has 0 bridgehead atoms. The van der Waals surface area contributed by atoms with Gasteiger partial charge in [0.25, 0.3) is 0 Å². The molecule has 0 saturated heterocycles. The second-order valence-corrected chi connectivity index (χ2v) is 2.86. The number of nitrogens with two attached hydrogens (primary N) is 1. The van der Waals surface area contributed by atoms with E-state index in [4.69, 9.17) is 5.73 Å². The fourth-order valence-electron chi connectivity index (χ4n) is 1.35. The molecule has 0 spiro atoms. The fraction of sp³-hybridized carbons (Fsp3) is 1.00. The van der Waals surface area contributed by atoms with Crippen LogP contribution in [0.2, 0.25) is 0 Å². The first kappa shape index (κ1) is 8.77. The molecule has 1 aliphatic carbocycles. The predicted molar refractivity (Wildman–Crippen MR) is 31.7 cm³/mol. The van der Waals surface area contributed by atoms with E-state index >= 15 is 0 Å². The van der Waals surface area contributed by atoms with Crippen LogP contribution in [0, 0.1) is 0 Å². The summed E-state index contributed by atoms with van der Waals surface area (Å²) in [5, 5.41) is 0. The van der Waals surface area contributed by atoms with Crippen molar-refractivity contribution in [1.82, 2.24) is 0 Å². The van der Waals surface area contributed by atoms with E-state index in [2.05, 4.69) is 0 Å².